The van der Waals surface area contributed by atoms with Gasteiger partial charge in [-0.15, -0.1) is 0 Å². The maximum absolute atomic E-state index is 13.4. The highest BCUT2D eigenvalue weighted by atomic mass is 19.1. The molecule has 9 heteroatoms. The summed E-state index contributed by atoms with van der Waals surface area (Å²) in [7, 11) is 0. The summed E-state index contributed by atoms with van der Waals surface area (Å²) in [6, 6.07) is 8.36. The number of anilines is 2. The van der Waals surface area contributed by atoms with E-state index < -0.39 is 0 Å². The van der Waals surface area contributed by atoms with Gasteiger partial charge in [-0.25, -0.2) is 23.7 Å². The minimum Gasteiger partial charge on any atom is -0.325 e. The summed E-state index contributed by atoms with van der Waals surface area (Å²) >= 11 is 0. The average molecular weight is 430 g/mol. The molecule has 1 aromatic carbocycles. The molecule has 4 heterocycles. The quantitative estimate of drug-likeness (QED) is 0.485. The van der Waals surface area contributed by atoms with Gasteiger partial charge in [-0.3, -0.25) is 0 Å². The maximum Gasteiger partial charge on any atom is 0.158 e. The SMILES string of the molecule is Cc1c(-c2ccc(F)cc2)nn(CC2CC2)c1Nc1cc(-n2cc3c(n2)CNC3)ncn1. The Morgan fingerprint density at radius 3 is 2.75 bits per heavy atom. The van der Waals surface area contributed by atoms with Crippen molar-refractivity contribution in [1.82, 2.24) is 34.8 Å². The standard InChI is InChI=1S/C23H23FN8/c1-14-22(16-4-6-18(24)7-5-16)30-32(11-15-2-3-15)23(14)28-20-8-21(27-13-26-20)31-12-17-9-25-10-19(17)29-31/h4-8,12-13,15,25H,2-3,9-11H2,1H3,(H,26,27,28). The number of nitrogens with one attached hydrogen (secondary N) is 2. The van der Waals surface area contributed by atoms with Crippen LogP contribution in [0.3, 0.4) is 0 Å². The Kier molecular flexibility index (Phi) is 4.50. The van der Waals surface area contributed by atoms with E-state index in [-0.39, 0.29) is 5.82 Å². The third-order valence-corrected chi connectivity index (χ3v) is 6.05. The number of nitrogens with zero attached hydrogens (tertiary/aromatic N) is 6. The summed E-state index contributed by atoms with van der Waals surface area (Å²) in [5, 5.41) is 16.2. The Balaban J connectivity index is 1.34. The van der Waals surface area contributed by atoms with Crippen LogP contribution in [0.5, 0.6) is 0 Å². The molecule has 0 bridgehead atoms. The molecule has 8 nitrogen and oxygen atoms in total. The van der Waals surface area contributed by atoms with E-state index in [1.54, 1.807) is 23.1 Å². The second-order valence-corrected chi connectivity index (χ2v) is 8.49. The summed E-state index contributed by atoms with van der Waals surface area (Å²) in [6.07, 6.45) is 6.00. The highest BCUT2D eigenvalue weighted by molar-refractivity contribution is 5.71. The normalized spacial score (nSPS) is 15.2. The first-order chi connectivity index (χ1) is 15.6. The molecule has 1 saturated carbocycles. The van der Waals surface area contributed by atoms with Crippen LogP contribution in [0.15, 0.2) is 42.9 Å². The van der Waals surface area contributed by atoms with Crippen LogP contribution < -0.4 is 10.6 Å². The molecule has 2 N–H and O–H groups in total. The fourth-order valence-electron chi connectivity index (χ4n) is 4.11. The Morgan fingerprint density at radius 1 is 1.12 bits per heavy atom. The molecular weight excluding hydrogens is 407 g/mol. The first-order valence-electron chi connectivity index (χ1n) is 10.8. The molecule has 32 heavy (non-hydrogen) atoms. The third kappa shape index (κ3) is 3.54. The molecule has 0 atom stereocenters. The van der Waals surface area contributed by atoms with Crippen molar-refractivity contribution in [2.45, 2.75) is 39.4 Å². The topological polar surface area (TPSA) is 85.5 Å². The third-order valence-electron chi connectivity index (χ3n) is 6.05. The molecule has 1 aliphatic carbocycles. The molecule has 4 aromatic rings. The molecule has 0 saturated heterocycles. The van der Waals surface area contributed by atoms with Gasteiger partial charge >= 0.3 is 0 Å². The average Bonchev–Trinajstić information content (AvgIpc) is 3.22. The molecule has 3 aromatic heterocycles. The van der Waals surface area contributed by atoms with Gasteiger partial charge in [-0.05, 0) is 49.9 Å². The number of rotatable bonds is 6. The first kappa shape index (κ1) is 19.1. The van der Waals surface area contributed by atoms with Crippen molar-refractivity contribution in [2.75, 3.05) is 5.32 Å². The van der Waals surface area contributed by atoms with Gasteiger partial charge in [0.15, 0.2) is 5.82 Å². The summed E-state index contributed by atoms with van der Waals surface area (Å²) in [6.45, 7) is 4.49. The highest BCUT2D eigenvalue weighted by Crippen LogP contribution is 2.35. The lowest BCUT2D eigenvalue weighted by Crippen LogP contribution is -2.09. The van der Waals surface area contributed by atoms with Crippen LogP contribution >= 0.6 is 0 Å². The number of halogens is 1. The van der Waals surface area contributed by atoms with E-state index in [2.05, 4.69) is 25.7 Å². The monoisotopic (exact) mass is 430 g/mol. The van der Waals surface area contributed by atoms with Gasteiger partial charge in [0.25, 0.3) is 0 Å². The Bertz CT molecular complexity index is 1260. The van der Waals surface area contributed by atoms with Gasteiger partial charge in [0.2, 0.25) is 0 Å². The second kappa shape index (κ2) is 7.52. The lowest BCUT2D eigenvalue weighted by molar-refractivity contribution is 0.571. The minimum absolute atomic E-state index is 0.254. The molecule has 1 fully saturated rings. The van der Waals surface area contributed by atoms with Gasteiger partial charge in [0.05, 0.1) is 11.4 Å². The maximum atomic E-state index is 13.4. The van der Waals surface area contributed by atoms with Gasteiger partial charge in [0, 0.05) is 48.6 Å². The number of hydrogen-bond donors (Lipinski definition) is 2. The second-order valence-electron chi connectivity index (χ2n) is 8.49. The predicted octanol–water partition coefficient (Wildman–Crippen LogP) is 3.73. The fraction of sp³-hybridized carbons (Fsp3) is 0.304. The molecular formula is C23H23FN8. The molecule has 0 radical (unpaired) electrons. The number of aromatic nitrogens is 6. The lowest BCUT2D eigenvalue weighted by atomic mass is 10.1. The van der Waals surface area contributed by atoms with Crippen molar-refractivity contribution in [1.29, 1.82) is 0 Å². The summed E-state index contributed by atoms with van der Waals surface area (Å²) in [5.41, 5.74) is 4.99. The molecule has 0 amide bonds. The van der Waals surface area contributed by atoms with Gasteiger partial charge in [0.1, 0.15) is 23.8 Å². The molecule has 6 rings (SSSR count). The minimum atomic E-state index is -0.254. The van der Waals surface area contributed by atoms with Crippen LogP contribution in [0.1, 0.15) is 29.7 Å². The van der Waals surface area contributed by atoms with Crippen molar-refractivity contribution < 1.29 is 4.39 Å². The summed E-state index contributed by atoms with van der Waals surface area (Å²) in [5.74, 6) is 2.68. The predicted molar refractivity (Wildman–Crippen MR) is 118 cm³/mol. The Morgan fingerprint density at radius 2 is 1.97 bits per heavy atom. The van der Waals surface area contributed by atoms with Crippen LogP contribution in [0, 0.1) is 18.7 Å². The van der Waals surface area contributed by atoms with E-state index in [9.17, 15) is 4.39 Å². The first-order valence-corrected chi connectivity index (χ1v) is 10.8. The van der Waals surface area contributed by atoms with Crippen LogP contribution in [-0.4, -0.2) is 29.5 Å². The van der Waals surface area contributed by atoms with Crippen molar-refractivity contribution in [2.24, 2.45) is 5.92 Å². The number of benzene rings is 1. The van der Waals surface area contributed by atoms with E-state index in [0.717, 1.165) is 48.0 Å². The Hall–Kier alpha value is -3.59. The van der Waals surface area contributed by atoms with Crippen LogP contribution in [0.2, 0.25) is 0 Å². The zero-order valence-electron chi connectivity index (χ0n) is 17.7. The van der Waals surface area contributed by atoms with Crippen LogP contribution in [-0.2, 0) is 19.6 Å². The van der Waals surface area contributed by atoms with Crippen LogP contribution in [0.25, 0.3) is 17.1 Å². The van der Waals surface area contributed by atoms with Crippen molar-refractivity contribution in [3.63, 3.8) is 0 Å². The zero-order valence-corrected chi connectivity index (χ0v) is 17.7. The number of hydrogen-bond acceptors (Lipinski definition) is 6. The zero-order chi connectivity index (χ0) is 21.7. The fourth-order valence-corrected chi connectivity index (χ4v) is 4.11. The molecule has 1 aliphatic heterocycles. The van der Waals surface area contributed by atoms with Crippen molar-refractivity contribution in [3.05, 3.63) is 65.5 Å². The largest absolute Gasteiger partial charge is 0.325 e. The molecule has 2 aliphatic rings. The van der Waals surface area contributed by atoms with E-state index >= 15 is 0 Å². The van der Waals surface area contributed by atoms with Gasteiger partial charge < -0.3 is 10.6 Å². The highest BCUT2D eigenvalue weighted by Gasteiger charge is 2.26. The molecule has 0 unspecified atom stereocenters. The van der Waals surface area contributed by atoms with E-state index in [4.69, 9.17) is 5.10 Å². The lowest BCUT2D eigenvalue weighted by Gasteiger charge is -2.11. The van der Waals surface area contributed by atoms with E-state index in [1.807, 2.05) is 23.9 Å². The van der Waals surface area contributed by atoms with Crippen molar-refractivity contribution in [3.8, 4) is 17.1 Å². The van der Waals surface area contributed by atoms with E-state index in [0.29, 0.717) is 17.6 Å². The summed E-state index contributed by atoms with van der Waals surface area (Å²) in [4.78, 5) is 8.83. The smallest absolute Gasteiger partial charge is 0.158 e. The molecule has 0 spiro atoms. The van der Waals surface area contributed by atoms with Crippen molar-refractivity contribution >= 4 is 11.6 Å². The van der Waals surface area contributed by atoms with Crippen LogP contribution in [0.4, 0.5) is 16.0 Å². The Labute approximate surface area is 184 Å². The number of fused-ring (bicyclic) bond motifs is 1. The summed E-state index contributed by atoms with van der Waals surface area (Å²) < 4.78 is 17.2. The molecule has 162 valence electrons. The van der Waals surface area contributed by atoms with E-state index in [1.165, 1.54) is 30.5 Å². The van der Waals surface area contributed by atoms with Gasteiger partial charge in [-0.2, -0.15) is 10.2 Å². The van der Waals surface area contributed by atoms with Gasteiger partial charge in [-0.1, -0.05) is 0 Å².